The zero-order chi connectivity index (χ0) is 22.7. The first-order valence-electron chi connectivity index (χ1n) is 10.6. The van der Waals surface area contributed by atoms with Gasteiger partial charge in [-0.2, -0.15) is 0 Å². The topological polar surface area (TPSA) is 66.5 Å². The van der Waals surface area contributed by atoms with Crippen LogP contribution in [0.4, 0.5) is 11.4 Å². The molecule has 1 amide bonds. The quantitative estimate of drug-likeness (QED) is 0.536. The Morgan fingerprint density at radius 1 is 1.06 bits per heavy atom. The molecule has 166 valence electrons. The summed E-state index contributed by atoms with van der Waals surface area (Å²) in [4.78, 5) is 15.0. The van der Waals surface area contributed by atoms with Crippen molar-refractivity contribution in [1.82, 2.24) is 0 Å². The molecule has 0 aliphatic carbocycles. The minimum Gasteiger partial charge on any atom is -0.367 e. The zero-order valence-corrected chi connectivity index (χ0v) is 19.4. The van der Waals surface area contributed by atoms with Crippen LogP contribution in [0, 0.1) is 0 Å². The lowest BCUT2D eigenvalue weighted by molar-refractivity contribution is -0.115. The lowest BCUT2D eigenvalue weighted by Gasteiger charge is -2.20. The summed E-state index contributed by atoms with van der Waals surface area (Å²) in [5.41, 5.74) is 4.99. The molecule has 0 saturated heterocycles. The average molecular weight is 469 g/mol. The minimum atomic E-state index is -3.24. The molecular formula is C25H25ClN2O3S. The Balaban J connectivity index is 1.38. The fourth-order valence-electron chi connectivity index (χ4n) is 3.90. The third kappa shape index (κ3) is 4.97. The molecule has 1 aliphatic heterocycles. The molecule has 5 nitrogen and oxygen atoms in total. The van der Waals surface area contributed by atoms with Gasteiger partial charge in [0, 0.05) is 29.5 Å². The summed E-state index contributed by atoms with van der Waals surface area (Å²) in [5, 5.41) is 3.48. The first-order chi connectivity index (χ1) is 15.4. The molecule has 7 heteroatoms. The van der Waals surface area contributed by atoms with Gasteiger partial charge in [-0.15, -0.1) is 0 Å². The van der Waals surface area contributed by atoms with Gasteiger partial charge in [-0.1, -0.05) is 54.9 Å². The SMILES string of the molecule is CCS(=O)(=O)c1ccc(CC(=O)Nc2ccc(CN3CCc4ccccc43)c(Cl)c2)cc1. The zero-order valence-electron chi connectivity index (χ0n) is 17.8. The fraction of sp³-hybridized carbons (Fsp3) is 0.240. The number of nitrogens with zero attached hydrogens (tertiary/aromatic N) is 1. The molecule has 0 bridgehead atoms. The number of sulfone groups is 1. The summed E-state index contributed by atoms with van der Waals surface area (Å²) >= 11 is 6.52. The Bertz CT molecular complexity index is 1240. The van der Waals surface area contributed by atoms with Crippen molar-refractivity contribution in [2.45, 2.75) is 31.2 Å². The van der Waals surface area contributed by atoms with Crippen LogP contribution in [0.25, 0.3) is 0 Å². The predicted molar refractivity (Wildman–Crippen MR) is 129 cm³/mol. The molecule has 0 atom stereocenters. The van der Waals surface area contributed by atoms with Gasteiger partial charge in [-0.25, -0.2) is 8.42 Å². The van der Waals surface area contributed by atoms with E-state index in [4.69, 9.17) is 11.6 Å². The van der Waals surface area contributed by atoms with Crippen LogP contribution in [0.2, 0.25) is 5.02 Å². The Kier molecular flexibility index (Phi) is 6.53. The first kappa shape index (κ1) is 22.4. The molecule has 0 fully saturated rings. The second kappa shape index (κ2) is 9.35. The number of hydrogen-bond donors (Lipinski definition) is 1. The van der Waals surface area contributed by atoms with Crippen molar-refractivity contribution in [3.63, 3.8) is 0 Å². The van der Waals surface area contributed by atoms with Gasteiger partial charge >= 0.3 is 0 Å². The lowest BCUT2D eigenvalue weighted by Crippen LogP contribution is -2.20. The summed E-state index contributed by atoms with van der Waals surface area (Å²) in [6.45, 7) is 3.29. The number of fused-ring (bicyclic) bond motifs is 1. The lowest BCUT2D eigenvalue weighted by atomic mass is 10.1. The number of anilines is 2. The number of benzene rings is 3. The Morgan fingerprint density at radius 3 is 2.53 bits per heavy atom. The monoisotopic (exact) mass is 468 g/mol. The molecular weight excluding hydrogens is 444 g/mol. The maximum atomic E-state index is 12.5. The normalized spacial score (nSPS) is 13.1. The molecule has 0 unspecified atom stereocenters. The van der Waals surface area contributed by atoms with Crippen LogP contribution < -0.4 is 10.2 Å². The minimum absolute atomic E-state index is 0.0495. The number of carbonyl (C=O) groups is 1. The molecule has 1 aliphatic rings. The van der Waals surface area contributed by atoms with Gasteiger partial charge in [0.05, 0.1) is 17.1 Å². The van der Waals surface area contributed by atoms with Crippen LogP contribution in [-0.2, 0) is 34.0 Å². The highest BCUT2D eigenvalue weighted by Crippen LogP contribution is 2.31. The highest BCUT2D eigenvalue weighted by Gasteiger charge is 2.19. The number of halogens is 1. The molecule has 0 aromatic heterocycles. The van der Waals surface area contributed by atoms with E-state index in [0.717, 1.165) is 30.6 Å². The average Bonchev–Trinajstić information content (AvgIpc) is 3.19. The maximum Gasteiger partial charge on any atom is 0.228 e. The van der Waals surface area contributed by atoms with Gasteiger partial charge in [0.25, 0.3) is 0 Å². The summed E-state index contributed by atoms with van der Waals surface area (Å²) < 4.78 is 23.8. The smallest absolute Gasteiger partial charge is 0.228 e. The van der Waals surface area contributed by atoms with Crippen LogP contribution in [0.3, 0.4) is 0 Å². The Morgan fingerprint density at radius 2 is 1.81 bits per heavy atom. The van der Waals surface area contributed by atoms with Gasteiger partial charge in [0.15, 0.2) is 9.84 Å². The number of nitrogens with one attached hydrogen (secondary N) is 1. The van der Waals surface area contributed by atoms with Crippen molar-refractivity contribution >= 4 is 38.7 Å². The van der Waals surface area contributed by atoms with Crippen molar-refractivity contribution in [3.05, 3.63) is 88.4 Å². The molecule has 1 N–H and O–H groups in total. The summed E-state index contributed by atoms with van der Waals surface area (Å²) in [5.74, 6) is -0.137. The van der Waals surface area contributed by atoms with E-state index in [1.807, 2.05) is 18.2 Å². The van der Waals surface area contributed by atoms with Crippen LogP contribution in [0.5, 0.6) is 0 Å². The fourth-order valence-corrected chi connectivity index (χ4v) is 5.03. The van der Waals surface area contributed by atoms with E-state index in [1.54, 1.807) is 37.3 Å². The van der Waals surface area contributed by atoms with Crippen molar-refractivity contribution in [3.8, 4) is 0 Å². The van der Waals surface area contributed by atoms with Crippen LogP contribution in [-0.4, -0.2) is 26.6 Å². The van der Waals surface area contributed by atoms with E-state index in [-0.39, 0.29) is 23.0 Å². The number of carbonyl (C=O) groups excluding carboxylic acids is 1. The van der Waals surface area contributed by atoms with Gasteiger partial charge in [-0.05, 0) is 53.4 Å². The molecule has 3 aromatic rings. The number of rotatable bonds is 7. The van der Waals surface area contributed by atoms with Gasteiger partial charge in [-0.3, -0.25) is 4.79 Å². The Labute approximate surface area is 193 Å². The number of hydrogen-bond acceptors (Lipinski definition) is 4. The molecule has 0 saturated carbocycles. The molecule has 1 heterocycles. The first-order valence-corrected chi connectivity index (χ1v) is 12.6. The third-order valence-electron chi connectivity index (χ3n) is 5.71. The van der Waals surface area contributed by atoms with E-state index >= 15 is 0 Å². The second-order valence-electron chi connectivity index (χ2n) is 7.88. The van der Waals surface area contributed by atoms with Crippen LogP contribution in [0.15, 0.2) is 71.6 Å². The largest absolute Gasteiger partial charge is 0.367 e. The predicted octanol–water partition coefficient (Wildman–Crippen LogP) is 4.88. The van der Waals surface area contributed by atoms with E-state index in [0.29, 0.717) is 10.7 Å². The summed E-state index contributed by atoms with van der Waals surface area (Å²) in [7, 11) is -3.24. The maximum absolute atomic E-state index is 12.5. The molecule has 0 radical (unpaired) electrons. The highest BCUT2D eigenvalue weighted by atomic mass is 35.5. The molecule has 32 heavy (non-hydrogen) atoms. The van der Waals surface area contributed by atoms with E-state index in [2.05, 4.69) is 28.4 Å². The second-order valence-corrected chi connectivity index (χ2v) is 10.6. The highest BCUT2D eigenvalue weighted by molar-refractivity contribution is 7.91. The van der Waals surface area contributed by atoms with Crippen molar-refractivity contribution in [2.75, 3.05) is 22.5 Å². The van der Waals surface area contributed by atoms with Gasteiger partial charge < -0.3 is 10.2 Å². The van der Waals surface area contributed by atoms with Crippen molar-refractivity contribution in [2.24, 2.45) is 0 Å². The van der Waals surface area contributed by atoms with Crippen molar-refractivity contribution in [1.29, 1.82) is 0 Å². The van der Waals surface area contributed by atoms with E-state index in [9.17, 15) is 13.2 Å². The van der Waals surface area contributed by atoms with Crippen LogP contribution in [0.1, 0.15) is 23.6 Å². The third-order valence-corrected chi connectivity index (χ3v) is 7.81. The Hall–Kier alpha value is -2.83. The molecule has 0 spiro atoms. The van der Waals surface area contributed by atoms with Gasteiger partial charge in [0.1, 0.15) is 0 Å². The number of amides is 1. The molecule has 4 rings (SSSR count). The van der Waals surface area contributed by atoms with Crippen LogP contribution >= 0.6 is 11.6 Å². The standard InChI is InChI=1S/C25H25ClN2O3S/c1-2-32(30,31)22-11-7-18(8-12-22)15-25(29)27-21-10-9-20(23(26)16-21)17-28-14-13-19-5-3-4-6-24(19)28/h3-12,16H,2,13-15,17H2,1H3,(H,27,29). The summed E-state index contributed by atoms with van der Waals surface area (Å²) in [6.07, 6.45) is 1.18. The molecule has 3 aromatic carbocycles. The van der Waals surface area contributed by atoms with E-state index < -0.39 is 9.84 Å². The summed E-state index contributed by atoms with van der Waals surface area (Å²) in [6, 6.07) is 20.4. The van der Waals surface area contributed by atoms with Gasteiger partial charge in [0.2, 0.25) is 5.91 Å². The van der Waals surface area contributed by atoms with Crippen molar-refractivity contribution < 1.29 is 13.2 Å². The van der Waals surface area contributed by atoms with E-state index in [1.165, 1.54) is 11.3 Å². The number of para-hydroxylation sites is 1.